The van der Waals surface area contributed by atoms with Gasteiger partial charge >= 0.3 is 0 Å². The van der Waals surface area contributed by atoms with Gasteiger partial charge < -0.3 is 4.43 Å². The highest BCUT2D eigenvalue weighted by molar-refractivity contribution is 5.98. The average molecular weight is 196 g/mol. The lowest BCUT2D eigenvalue weighted by Gasteiger charge is -2.37. The van der Waals surface area contributed by atoms with Crippen LogP contribution in [0.5, 0.6) is 0 Å². The molecule has 0 N–H and O–H groups in total. The zero-order valence-corrected chi connectivity index (χ0v) is 10.6. The maximum absolute atomic E-state index is 5.68. The van der Waals surface area contributed by atoms with Crippen LogP contribution in [0.15, 0.2) is 25.3 Å². The first-order chi connectivity index (χ1) is 6.29. The molecule has 1 saturated carbocycles. The molecule has 0 bridgehead atoms. The minimum absolute atomic E-state index is 0.216. The third-order valence-corrected chi connectivity index (χ3v) is 3.94. The van der Waals surface area contributed by atoms with E-state index in [2.05, 4.69) is 13.2 Å². The third-order valence-electron chi connectivity index (χ3n) is 3.23. The summed E-state index contributed by atoms with van der Waals surface area (Å²) in [5.74, 6) is 0.619. The van der Waals surface area contributed by atoms with Gasteiger partial charge in [-0.25, -0.2) is 0 Å². The smallest absolute Gasteiger partial charge is 0.147 e. The predicted molar refractivity (Wildman–Crippen MR) is 60.7 cm³/mol. The molecule has 0 aliphatic heterocycles. The minimum Gasteiger partial charge on any atom is -0.415 e. The van der Waals surface area contributed by atoms with Crippen molar-refractivity contribution in [2.75, 3.05) is 0 Å². The molecule has 1 aliphatic rings. The van der Waals surface area contributed by atoms with E-state index in [1.807, 2.05) is 12.2 Å². The van der Waals surface area contributed by atoms with Gasteiger partial charge in [-0.2, -0.15) is 0 Å². The summed E-state index contributed by atoms with van der Waals surface area (Å²) in [6, 6.07) is 0. The van der Waals surface area contributed by atoms with Gasteiger partial charge in [-0.3, -0.25) is 0 Å². The molecular formula is C11H20OSi. The summed E-state index contributed by atoms with van der Waals surface area (Å²) in [6.45, 7) is 7.75. The van der Waals surface area contributed by atoms with Crippen LogP contribution in [-0.4, -0.2) is 16.1 Å². The summed E-state index contributed by atoms with van der Waals surface area (Å²) in [7, 11) is 0.757. The van der Waals surface area contributed by atoms with Crippen molar-refractivity contribution in [1.29, 1.82) is 0 Å². The molecular weight excluding hydrogens is 176 g/mol. The molecule has 0 aromatic heterocycles. The van der Waals surface area contributed by atoms with Crippen molar-refractivity contribution in [2.45, 2.75) is 37.7 Å². The van der Waals surface area contributed by atoms with Crippen molar-refractivity contribution < 1.29 is 4.43 Å². The molecule has 1 rings (SSSR count). The maximum atomic E-state index is 5.68. The average Bonchev–Trinajstić information content (AvgIpc) is 2.23. The Morgan fingerprint density at radius 2 is 1.69 bits per heavy atom. The largest absolute Gasteiger partial charge is 0.415 e. The van der Waals surface area contributed by atoms with Gasteiger partial charge in [-0.05, 0) is 18.8 Å². The Labute approximate surface area is 84.4 Å². The van der Waals surface area contributed by atoms with Crippen molar-refractivity contribution in [3.63, 3.8) is 0 Å². The van der Waals surface area contributed by atoms with E-state index in [4.69, 9.17) is 4.43 Å². The Balaban J connectivity index is 2.72. The molecule has 0 radical (unpaired) electrons. The first-order valence-electron chi connectivity index (χ1n) is 5.11. The van der Waals surface area contributed by atoms with Gasteiger partial charge in [-0.15, -0.1) is 0 Å². The Morgan fingerprint density at radius 1 is 1.15 bits per heavy atom. The lowest BCUT2D eigenvalue weighted by atomic mass is 9.77. The summed E-state index contributed by atoms with van der Waals surface area (Å²) in [6.07, 6.45) is 10.4. The lowest BCUT2D eigenvalue weighted by Crippen LogP contribution is -2.37. The Hall–Kier alpha value is -0.343. The van der Waals surface area contributed by atoms with E-state index in [0.29, 0.717) is 5.92 Å². The predicted octanol–water partition coefficient (Wildman–Crippen LogP) is 1.97. The SMILES string of the molecule is C=CC(C=C)(O[SiH3])C1CCCCC1. The molecule has 1 aliphatic carbocycles. The molecule has 1 fully saturated rings. The summed E-state index contributed by atoms with van der Waals surface area (Å²) in [5, 5.41) is 0. The minimum atomic E-state index is -0.216. The molecule has 0 unspecified atom stereocenters. The molecule has 0 aromatic carbocycles. The molecule has 13 heavy (non-hydrogen) atoms. The fraction of sp³-hybridized carbons (Fsp3) is 0.636. The van der Waals surface area contributed by atoms with Gasteiger partial charge in [-0.1, -0.05) is 44.6 Å². The van der Waals surface area contributed by atoms with E-state index < -0.39 is 0 Å². The summed E-state index contributed by atoms with van der Waals surface area (Å²) in [5.41, 5.74) is -0.216. The van der Waals surface area contributed by atoms with Crippen molar-refractivity contribution in [3.8, 4) is 0 Å². The number of rotatable bonds is 4. The van der Waals surface area contributed by atoms with Gasteiger partial charge in [0.25, 0.3) is 0 Å². The van der Waals surface area contributed by atoms with E-state index in [9.17, 15) is 0 Å². The third kappa shape index (κ3) is 2.12. The molecule has 0 amide bonds. The highest BCUT2D eigenvalue weighted by Crippen LogP contribution is 2.36. The maximum Gasteiger partial charge on any atom is 0.147 e. The fourth-order valence-corrected chi connectivity index (χ4v) is 2.97. The standard InChI is InChI=1S/C11H20OSi/c1-3-11(4-2,12-13)10-8-6-5-7-9-10/h3-4,10H,1-2,5-9H2,13H3. The Morgan fingerprint density at radius 3 is 2.08 bits per heavy atom. The Kier molecular flexibility index (Phi) is 3.94. The van der Waals surface area contributed by atoms with Crippen molar-refractivity contribution in [2.24, 2.45) is 5.92 Å². The van der Waals surface area contributed by atoms with E-state index in [0.717, 1.165) is 10.5 Å². The quantitative estimate of drug-likeness (QED) is 0.493. The first kappa shape index (κ1) is 10.7. The van der Waals surface area contributed by atoms with E-state index in [1.165, 1.54) is 32.1 Å². The first-order valence-corrected chi connectivity index (χ1v) is 5.93. The second-order valence-electron chi connectivity index (χ2n) is 3.80. The molecule has 74 valence electrons. The molecule has 0 aromatic rings. The van der Waals surface area contributed by atoms with Crippen LogP contribution < -0.4 is 0 Å². The van der Waals surface area contributed by atoms with Gasteiger partial charge in [0.15, 0.2) is 0 Å². The van der Waals surface area contributed by atoms with Crippen molar-refractivity contribution in [1.82, 2.24) is 0 Å². The van der Waals surface area contributed by atoms with Gasteiger partial charge in [0, 0.05) is 0 Å². The topological polar surface area (TPSA) is 9.23 Å². The molecule has 0 spiro atoms. The Bertz CT molecular complexity index is 175. The van der Waals surface area contributed by atoms with E-state index >= 15 is 0 Å². The molecule has 0 saturated heterocycles. The van der Waals surface area contributed by atoms with Crippen molar-refractivity contribution >= 4 is 10.5 Å². The normalized spacial score (nSPS) is 20.0. The van der Waals surface area contributed by atoms with Crippen LogP contribution in [0.2, 0.25) is 0 Å². The summed E-state index contributed by atoms with van der Waals surface area (Å²) < 4.78 is 5.68. The van der Waals surface area contributed by atoms with Crippen LogP contribution in [0, 0.1) is 5.92 Å². The lowest BCUT2D eigenvalue weighted by molar-refractivity contribution is 0.0886. The molecule has 0 heterocycles. The number of hydrogen-bond acceptors (Lipinski definition) is 1. The number of hydrogen-bond donors (Lipinski definition) is 0. The van der Waals surface area contributed by atoms with Crippen LogP contribution in [0.1, 0.15) is 32.1 Å². The summed E-state index contributed by atoms with van der Waals surface area (Å²) in [4.78, 5) is 0. The van der Waals surface area contributed by atoms with E-state index in [-0.39, 0.29) is 5.60 Å². The van der Waals surface area contributed by atoms with Crippen LogP contribution in [0.3, 0.4) is 0 Å². The molecule has 1 nitrogen and oxygen atoms in total. The van der Waals surface area contributed by atoms with Crippen LogP contribution >= 0.6 is 0 Å². The summed E-state index contributed by atoms with van der Waals surface area (Å²) >= 11 is 0. The fourth-order valence-electron chi connectivity index (χ4n) is 2.30. The zero-order valence-electron chi connectivity index (χ0n) is 8.59. The molecule has 2 heteroatoms. The second kappa shape index (κ2) is 4.77. The molecule has 0 atom stereocenters. The monoisotopic (exact) mass is 196 g/mol. The van der Waals surface area contributed by atoms with Crippen molar-refractivity contribution in [3.05, 3.63) is 25.3 Å². The van der Waals surface area contributed by atoms with Crippen LogP contribution in [-0.2, 0) is 4.43 Å². The highest BCUT2D eigenvalue weighted by atomic mass is 28.2. The van der Waals surface area contributed by atoms with E-state index in [1.54, 1.807) is 0 Å². The van der Waals surface area contributed by atoms with Gasteiger partial charge in [0.2, 0.25) is 0 Å². The zero-order chi connectivity index (χ0) is 9.73. The second-order valence-corrected chi connectivity index (χ2v) is 4.21. The highest BCUT2D eigenvalue weighted by Gasteiger charge is 2.33. The van der Waals surface area contributed by atoms with Gasteiger partial charge in [0.05, 0.1) is 5.60 Å². The van der Waals surface area contributed by atoms with Gasteiger partial charge in [0.1, 0.15) is 10.5 Å². The van der Waals surface area contributed by atoms with Crippen LogP contribution in [0.25, 0.3) is 0 Å². The van der Waals surface area contributed by atoms with Crippen LogP contribution in [0.4, 0.5) is 0 Å².